The van der Waals surface area contributed by atoms with E-state index in [1.165, 1.54) is 11.1 Å². The number of nitrogens with one attached hydrogen (secondary N) is 1. The third-order valence-corrected chi connectivity index (χ3v) is 5.05. The summed E-state index contributed by atoms with van der Waals surface area (Å²) in [5.74, 6) is 1.15. The van der Waals surface area contributed by atoms with Gasteiger partial charge in [-0.2, -0.15) is 0 Å². The van der Waals surface area contributed by atoms with E-state index in [0.717, 1.165) is 0 Å². The van der Waals surface area contributed by atoms with Crippen LogP contribution in [0, 0.1) is 6.92 Å². The summed E-state index contributed by atoms with van der Waals surface area (Å²) in [6, 6.07) is 6.02. The van der Waals surface area contributed by atoms with Gasteiger partial charge in [0.05, 0.1) is 0 Å². The largest absolute Gasteiger partial charge is 0.481 e. The summed E-state index contributed by atoms with van der Waals surface area (Å²) in [6.07, 6.45) is 0.466. The van der Waals surface area contributed by atoms with Gasteiger partial charge < -0.3 is 19.7 Å². The fraction of sp³-hybridized carbons (Fsp3) is 0.652. The molecular weight excluding hydrogens is 368 g/mol. The van der Waals surface area contributed by atoms with Gasteiger partial charge in [-0.05, 0) is 76.6 Å². The molecule has 1 aromatic carbocycles. The van der Waals surface area contributed by atoms with Gasteiger partial charge in [0.15, 0.2) is 6.10 Å². The molecule has 1 aliphatic heterocycles. The molecule has 2 rings (SSSR count). The Morgan fingerprint density at radius 3 is 2.28 bits per heavy atom. The summed E-state index contributed by atoms with van der Waals surface area (Å²) in [7, 11) is 0. The molecular formula is C23H36N2O4. The number of aryl methyl sites for hydroxylation is 1. The number of ether oxygens (including phenoxy) is 2. The summed E-state index contributed by atoms with van der Waals surface area (Å²) in [5.41, 5.74) is 1.95. The minimum Gasteiger partial charge on any atom is -0.481 e. The molecule has 0 aromatic heterocycles. The molecule has 0 saturated carbocycles. The first-order valence-corrected chi connectivity index (χ1v) is 10.5. The Hall–Kier alpha value is -2.24. The maximum absolute atomic E-state index is 12.8. The fourth-order valence-corrected chi connectivity index (χ4v) is 3.60. The van der Waals surface area contributed by atoms with Crippen molar-refractivity contribution in [2.45, 2.75) is 85.0 Å². The summed E-state index contributed by atoms with van der Waals surface area (Å²) in [4.78, 5) is 26.5. The van der Waals surface area contributed by atoms with E-state index < -0.39 is 17.8 Å². The van der Waals surface area contributed by atoms with Gasteiger partial charge in [-0.3, -0.25) is 4.79 Å². The van der Waals surface area contributed by atoms with E-state index in [0.29, 0.717) is 37.6 Å². The van der Waals surface area contributed by atoms with E-state index in [4.69, 9.17) is 9.47 Å². The molecule has 0 aliphatic carbocycles. The number of hydrogen-bond acceptors (Lipinski definition) is 4. The maximum atomic E-state index is 12.8. The number of carbonyl (C=O) groups is 2. The highest BCUT2D eigenvalue weighted by Crippen LogP contribution is 2.24. The van der Waals surface area contributed by atoms with Crippen molar-refractivity contribution in [3.63, 3.8) is 0 Å². The Morgan fingerprint density at radius 1 is 1.14 bits per heavy atom. The summed E-state index contributed by atoms with van der Waals surface area (Å²) >= 11 is 0. The lowest BCUT2D eigenvalue weighted by Crippen LogP contribution is -2.50. The van der Waals surface area contributed by atoms with Crippen molar-refractivity contribution in [1.82, 2.24) is 10.2 Å². The fourth-order valence-electron chi connectivity index (χ4n) is 3.60. The number of piperidine rings is 1. The second-order valence-electron chi connectivity index (χ2n) is 9.18. The summed E-state index contributed by atoms with van der Waals surface area (Å²) < 4.78 is 11.2. The number of hydrogen-bond donors (Lipinski definition) is 1. The topological polar surface area (TPSA) is 67.9 Å². The number of benzene rings is 1. The SMILES string of the molecule is Cc1cc(OC(C)C(=O)N2CCC(NC(=O)OC(C)(C)C)CC2)ccc1C(C)C. The Kier molecular flexibility index (Phi) is 7.55. The number of alkyl carbamates (subject to hydrolysis) is 1. The molecule has 2 amide bonds. The van der Waals surface area contributed by atoms with Crippen molar-refractivity contribution in [1.29, 1.82) is 0 Å². The zero-order chi connectivity index (χ0) is 21.8. The molecule has 162 valence electrons. The van der Waals surface area contributed by atoms with Crippen LogP contribution in [0.4, 0.5) is 4.79 Å². The zero-order valence-electron chi connectivity index (χ0n) is 18.9. The van der Waals surface area contributed by atoms with Crippen LogP contribution in [-0.4, -0.2) is 47.7 Å². The van der Waals surface area contributed by atoms with Crippen LogP contribution < -0.4 is 10.1 Å². The minimum atomic E-state index is -0.547. The molecule has 1 aromatic rings. The van der Waals surface area contributed by atoms with E-state index >= 15 is 0 Å². The van der Waals surface area contributed by atoms with Gasteiger partial charge in [-0.1, -0.05) is 19.9 Å². The molecule has 0 radical (unpaired) electrons. The number of nitrogens with zero attached hydrogens (tertiary/aromatic N) is 1. The normalized spacial score (nSPS) is 16.5. The van der Waals surface area contributed by atoms with Gasteiger partial charge in [-0.15, -0.1) is 0 Å². The van der Waals surface area contributed by atoms with Crippen LogP contribution in [0.2, 0.25) is 0 Å². The van der Waals surface area contributed by atoms with Crippen molar-refractivity contribution in [2.75, 3.05) is 13.1 Å². The maximum Gasteiger partial charge on any atom is 0.407 e. The summed E-state index contributed by atoms with van der Waals surface area (Å²) in [5, 5.41) is 2.89. The predicted octanol–water partition coefficient (Wildman–Crippen LogP) is 4.40. The Bertz CT molecular complexity index is 716. The third kappa shape index (κ3) is 6.94. The molecule has 1 heterocycles. The van der Waals surface area contributed by atoms with E-state index in [2.05, 4.69) is 32.2 Å². The first-order valence-electron chi connectivity index (χ1n) is 10.5. The van der Waals surface area contributed by atoms with E-state index in [9.17, 15) is 9.59 Å². The van der Waals surface area contributed by atoms with Crippen LogP contribution in [0.5, 0.6) is 5.75 Å². The number of likely N-dealkylation sites (tertiary alicyclic amines) is 1. The van der Waals surface area contributed by atoms with E-state index in [1.807, 2.05) is 37.8 Å². The standard InChI is InChI=1S/C23H36N2O4/c1-15(2)20-9-8-19(14-16(20)3)28-17(4)21(26)25-12-10-18(11-13-25)24-22(27)29-23(5,6)7/h8-9,14-15,17-18H,10-13H2,1-7H3,(H,24,27). The lowest BCUT2D eigenvalue weighted by atomic mass is 9.98. The third-order valence-electron chi connectivity index (χ3n) is 5.05. The molecule has 1 atom stereocenters. The molecule has 6 heteroatoms. The van der Waals surface area contributed by atoms with Crippen LogP contribution >= 0.6 is 0 Å². The summed E-state index contributed by atoms with van der Waals surface area (Å²) in [6.45, 7) is 14.9. The molecule has 1 unspecified atom stereocenters. The Morgan fingerprint density at radius 2 is 1.76 bits per heavy atom. The van der Waals surface area contributed by atoms with Crippen LogP contribution in [-0.2, 0) is 9.53 Å². The second kappa shape index (κ2) is 9.51. The minimum absolute atomic E-state index is 0.0219. The van der Waals surface area contributed by atoms with Gasteiger partial charge in [-0.25, -0.2) is 4.79 Å². The molecule has 1 saturated heterocycles. The van der Waals surface area contributed by atoms with Gasteiger partial charge >= 0.3 is 6.09 Å². The van der Waals surface area contributed by atoms with E-state index in [-0.39, 0.29) is 11.9 Å². The van der Waals surface area contributed by atoms with Crippen LogP contribution in [0.1, 0.15) is 71.4 Å². The van der Waals surface area contributed by atoms with Gasteiger partial charge in [0.25, 0.3) is 5.91 Å². The number of carbonyl (C=O) groups excluding carboxylic acids is 2. The smallest absolute Gasteiger partial charge is 0.407 e. The molecule has 1 fully saturated rings. The van der Waals surface area contributed by atoms with E-state index in [1.54, 1.807) is 6.92 Å². The number of amides is 2. The molecule has 1 aliphatic rings. The lowest BCUT2D eigenvalue weighted by Gasteiger charge is -2.34. The van der Waals surface area contributed by atoms with Crippen molar-refractivity contribution in [3.8, 4) is 5.75 Å². The second-order valence-corrected chi connectivity index (χ2v) is 9.18. The van der Waals surface area contributed by atoms with Gasteiger partial charge in [0.2, 0.25) is 0 Å². The quantitative estimate of drug-likeness (QED) is 0.790. The van der Waals surface area contributed by atoms with Crippen molar-refractivity contribution in [2.24, 2.45) is 0 Å². The average molecular weight is 405 g/mol. The molecule has 29 heavy (non-hydrogen) atoms. The van der Waals surface area contributed by atoms with Crippen LogP contribution in [0.3, 0.4) is 0 Å². The average Bonchev–Trinajstić information content (AvgIpc) is 2.59. The van der Waals surface area contributed by atoms with Gasteiger partial charge in [0, 0.05) is 19.1 Å². The van der Waals surface area contributed by atoms with Crippen molar-refractivity contribution >= 4 is 12.0 Å². The van der Waals surface area contributed by atoms with Crippen molar-refractivity contribution in [3.05, 3.63) is 29.3 Å². The highest BCUT2D eigenvalue weighted by atomic mass is 16.6. The van der Waals surface area contributed by atoms with Gasteiger partial charge in [0.1, 0.15) is 11.4 Å². The molecule has 0 spiro atoms. The zero-order valence-corrected chi connectivity index (χ0v) is 18.9. The lowest BCUT2D eigenvalue weighted by molar-refractivity contribution is -0.139. The number of rotatable bonds is 5. The molecule has 1 N–H and O–H groups in total. The first kappa shape index (κ1) is 23.0. The first-order chi connectivity index (χ1) is 13.5. The van der Waals surface area contributed by atoms with Crippen LogP contribution in [0.15, 0.2) is 18.2 Å². The monoisotopic (exact) mass is 404 g/mol. The molecule has 0 bridgehead atoms. The van der Waals surface area contributed by atoms with Crippen molar-refractivity contribution < 1.29 is 19.1 Å². The molecule has 6 nitrogen and oxygen atoms in total. The predicted molar refractivity (Wildman–Crippen MR) is 114 cm³/mol. The Labute approximate surface area is 174 Å². The Balaban J connectivity index is 1.84. The highest BCUT2D eigenvalue weighted by Gasteiger charge is 2.28. The highest BCUT2D eigenvalue weighted by molar-refractivity contribution is 5.81. The van der Waals surface area contributed by atoms with Crippen LogP contribution in [0.25, 0.3) is 0 Å².